The van der Waals surface area contributed by atoms with E-state index in [0.29, 0.717) is 5.75 Å². The number of nitrogens with one attached hydrogen (secondary N) is 1. The number of hydrogen-bond acceptors (Lipinski definition) is 3. The summed E-state index contributed by atoms with van der Waals surface area (Å²) in [5, 5.41) is 12.6. The van der Waals surface area contributed by atoms with E-state index in [0.717, 1.165) is 5.56 Å². The first-order chi connectivity index (χ1) is 7.49. The summed E-state index contributed by atoms with van der Waals surface area (Å²) in [5.41, 5.74) is 1.12. The fourth-order valence-corrected chi connectivity index (χ4v) is 2.49. The van der Waals surface area contributed by atoms with E-state index >= 15 is 0 Å². The van der Waals surface area contributed by atoms with Gasteiger partial charge in [-0.15, -0.1) is 0 Å². The number of aromatic hydroxyl groups is 1. The third-order valence-corrected chi connectivity index (χ3v) is 3.38. The van der Waals surface area contributed by atoms with Crippen molar-refractivity contribution in [3.05, 3.63) is 29.8 Å². The van der Waals surface area contributed by atoms with E-state index in [1.807, 2.05) is 19.1 Å². The Labute approximate surface area is 99.3 Å². The molecule has 0 aliphatic carbocycles. The van der Waals surface area contributed by atoms with Crippen molar-refractivity contribution in [1.82, 2.24) is 5.32 Å². The summed E-state index contributed by atoms with van der Waals surface area (Å²) in [6, 6.07) is 7.55. The molecule has 3 unspecified atom stereocenters. The summed E-state index contributed by atoms with van der Waals surface area (Å²) in [6.07, 6.45) is 1.71. The zero-order valence-corrected chi connectivity index (χ0v) is 10.8. The summed E-state index contributed by atoms with van der Waals surface area (Å²) in [6.45, 7) is 4.08. The minimum absolute atomic E-state index is 0.194. The molecule has 0 spiro atoms. The predicted molar refractivity (Wildman–Crippen MR) is 68.1 cm³/mol. The van der Waals surface area contributed by atoms with Crippen molar-refractivity contribution in [3.63, 3.8) is 0 Å². The molecular weight excluding hydrogens is 222 g/mol. The van der Waals surface area contributed by atoms with Gasteiger partial charge in [0.05, 0.1) is 0 Å². The SMILES string of the molecule is CC(CS(C)=O)NC(C)c1ccc(O)cc1. The van der Waals surface area contributed by atoms with E-state index in [-0.39, 0.29) is 17.8 Å². The Morgan fingerprint density at radius 1 is 1.31 bits per heavy atom. The molecule has 0 radical (unpaired) electrons. The topological polar surface area (TPSA) is 49.3 Å². The van der Waals surface area contributed by atoms with Crippen LogP contribution < -0.4 is 5.32 Å². The molecule has 0 heterocycles. The zero-order chi connectivity index (χ0) is 12.1. The van der Waals surface area contributed by atoms with Crippen molar-refractivity contribution in [1.29, 1.82) is 0 Å². The van der Waals surface area contributed by atoms with Gasteiger partial charge in [0.15, 0.2) is 0 Å². The van der Waals surface area contributed by atoms with Crippen LogP contribution in [-0.4, -0.2) is 27.4 Å². The van der Waals surface area contributed by atoms with Crippen molar-refractivity contribution in [3.8, 4) is 5.75 Å². The van der Waals surface area contributed by atoms with Crippen molar-refractivity contribution in [2.75, 3.05) is 12.0 Å². The number of hydrogen-bond donors (Lipinski definition) is 2. The average molecular weight is 241 g/mol. The van der Waals surface area contributed by atoms with Crippen LogP contribution in [0.4, 0.5) is 0 Å². The molecule has 3 nitrogen and oxygen atoms in total. The van der Waals surface area contributed by atoms with E-state index < -0.39 is 10.8 Å². The summed E-state index contributed by atoms with van der Waals surface area (Å²) >= 11 is 0. The Bertz CT molecular complexity index is 351. The van der Waals surface area contributed by atoms with Crippen LogP contribution in [0.2, 0.25) is 0 Å². The third-order valence-electron chi connectivity index (χ3n) is 2.41. The summed E-state index contributed by atoms with van der Waals surface area (Å²) < 4.78 is 11.1. The highest BCUT2D eigenvalue weighted by Gasteiger charge is 2.10. The number of phenolic OH excluding ortho intramolecular Hbond substituents is 1. The molecule has 0 aromatic heterocycles. The summed E-state index contributed by atoms with van der Waals surface area (Å²) in [4.78, 5) is 0. The monoisotopic (exact) mass is 241 g/mol. The van der Waals surface area contributed by atoms with Crippen LogP contribution in [0.3, 0.4) is 0 Å². The molecule has 0 amide bonds. The Balaban J connectivity index is 2.54. The van der Waals surface area contributed by atoms with Crippen molar-refractivity contribution in [2.24, 2.45) is 0 Å². The maximum Gasteiger partial charge on any atom is 0.115 e. The molecule has 0 aliphatic heterocycles. The van der Waals surface area contributed by atoms with Crippen molar-refractivity contribution in [2.45, 2.75) is 25.9 Å². The van der Waals surface area contributed by atoms with Crippen LogP contribution in [0.25, 0.3) is 0 Å². The molecule has 0 saturated carbocycles. The highest BCUT2D eigenvalue weighted by Crippen LogP contribution is 2.16. The lowest BCUT2D eigenvalue weighted by Crippen LogP contribution is -2.33. The molecule has 0 bridgehead atoms. The second kappa shape index (κ2) is 6.01. The van der Waals surface area contributed by atoms with E-state index in [4.69, 9.17) is 0 Å². The number of rotatable bonds is 5. The van der Waals surface area contributed by atoms with Gasteiger partial charge in [-0.3, -0.25) is 4.21 Å². The van der Waals surface area contributed by atoms with Crippen molar-refractivity contribution >= 4 is 10.8 Å². The molecule has 16 heavy (non-hydrogen) atoms. The van der Waals surface area contributed by atoms with Gasteiger partial charge in [-0.05, 0) is 31.5 Å². The molecule has 1 rings (SSSR count). The highest BCUT2D eigenvalue weighted by molar-refractivity contribution is 7.84. The van der Waals surface area contributed by atoms with Gasteiger partial charge in [-0.25, -0.2) is 0 Å². The maximum absolute atomic E-state index is 11.1. The first kappa shape index (κ1) is 13.2. The minimum Gasteiger partial charge on any atom is -0.508 e. The molecule has 4 heteroatoms. The van der Waals surface area contributed by atoms with Gasteiger partial charge in [0.1, 0.15) is 5.75 Å². The summed E-state index contributed by atoms with van der Waals surface area (Å²) in [7, 11) is -0.775. The Morgan fingerprint density at radius 3 is 2.38 bits per heavy atom. The molecule has 2 N–H and O–H groups in total. The lowest BCUT2D eigenvalue weighted by Gasteiger charge is -2.19. The van der Waals surface area contributed by atoms with Crippen LogP contribution in [0, 0.1) is 0 Å². The van der Waals surface area contributed by atoms with Gasteiger partial charge in [0, 0.05) is 34.9 Å². The van der Waals surface area contributed by atoms with Crippen LogP contribution in [0.5, 0.6) is 5.75 Å². The summed E-state index contributed by atoms with van der Waals surface area (Å²) in [5.74, 6) is 0.932. The lowest BCUT2D eigenvalue weighted by molar-refractivity contribution is 0.473. The van der Waals surface area contributed by atoms with E-state index in [2.05, 4.69) is 12.2 Å². The second-order valence-corrected chi connectivity index (χ2v) is 5.60. The third kappa shape index (κ3) is 4.33. The molecule has 90 valence electrons. The molecule has 3 atom stereocenters. The molecule has 0 fully saturated rings. The Morgan fingerprint density at radius 2 is 1.88 bits per heavy atom. The average Bonchev–Trinajstić information content (AvgIpc) is 2.16. The van der Waals surface area contributed by atoms with Gasteiger partial charge in [0.25, 0.3) is 0 Å². The van der Waals surface area contributed by atoms with Gasteiger partial charge < -0.3 is 10.4 Å². The van der Waals surface area contributed by atoms with Gasteiger partial charge in [0.2, 0.25) is 0 Å². The Hall–Kier alpha value is -0.870. The first-order valence-corrected chi connectivity index (χ1v) is 7.06. The normalized spacial score (nSPS) is 16.7. The molecule has 0 saturated heterocycles. The predicted octanol–water partition coefficient (Wildman–Crippen LogP) is 1.81. The molecule has 1 aromatic carbocycles. The largest absolute Gasteiger partial charge is 0.508 e. The number of phenols is 1. The van der Waals surface area contributed by atoms with Crippen LogP contribution in [0.1, 0.15) is 25.5 Å². The quantitative estimate of drug-likeness (QED) is 0.826. The fraction of sp³-hybridized carbons (Fsp3) is 0.500. The van der Waals surface area contributed by atoms with Crippen LogP contribution >= 0.6 is 0 Å². The van der Waals surface area contributed by atoms with Crippen LogP contribution in [-0.2, 0) is 10.8 Å². The Kier molecular flexibility index (Phi) is 4.96. The van der Waals surface area contributed by atoms with Gasteiger partial charge in [-0.1, -0.05) is 12.1 Å². The second-order valence-electron chi connectivity index (χ2n) is 4.12. The first-order valence-electron chi connectivity index (χ1n) is 5.34. The van der Waals surface area contributed by atoms with Gasteiger partial charge in [-0.2, -0.15) is 0 Å². The zero-order valence-electron chi connectivity index (χ0n) is 9.93. The van der Waals surface area contributed by atoms with Gasteiger partial charge >= 0.3 is 0 Å². The molecule has 1 aromatic rings. The highest BCUT2D eigenvalue weighted by atomic mass is 32.2. The number of benzene rings is 1. The minimum atomic E-state index is -0.775. The van der Waals surface area contributed by atoms with Crippen LogP contribution in [0.15, 0.2) is 24.3 Å². The fourth-order valence-electron chi connectivity index (χ4n) is 1.69. The smallest absolute Gasteiger partial charge is 0.115 e. The molecular formula is C12H19NO2S. The van der Waals surface area contributed by atoms with Crippen molar-refractivity contribution < 1.29 is 9.32 Å². The standard InChI is InChI=1S/C12H19NO2S/c1-9(8-16(3)15)13-10(2)11-4-6-12(14)7-5-11/h4-7,9-10,13-14H,8H2,1-3H3. The molecule has 0 aliphatic rings. The van der Waals surface area contributed by atoms with E-state index in [1.54, 1.807) is 18.4 Å². The van der Waals surface area contributed by atoms with E-state index in [1.165, 1.54) is 0 Å². The lowest BCUT2D eigenvalue weighted by atomic mass is 10.1. The maximum atomic E-state index is 11.1. The van der Waals surface area contributed by atoms with E-state index in [9.17, 15) is 9.32 Å².